The first-order chi connectivity index (χ1) is 14.1. The summed E-state index contributed by atoms with van der Waals surface area (Å²) >= 11 is 0. The molecule has 6 nitrogen and oxygen atoms in total. The molecule has 1 aromatic carbocycles. The Labute approximate surface area is 173 Å². The van der Waals surface area contributed by atoms with E-state index in [9.17, 15) is 22.8 Å². The lowest BCUT2D eigenvalue weighted by molar-refractivity contribution is -0.137. The van der Waals surface area contributed by atoms with Gasteiger partial charge in [0.1, 0.15) is 0 Å². The Hall–Kier alpha value is -3.02. The predicted molar refractivity (Wildman–Crippen MR) is 105 cm³/mol. The molecule has 1 aromatic rings. The number of alkyl halides is 3. The second kappa shape index (κ2) is 8.38. The molecule has 9 heteroatoms. The van der Waals surface area contributed by atoms with Crippen molar-refractivity contribution in [3.8, 4) is 6.07 Å². The Kier molecular flexibility index (Phi) is 6.06. The maximum atomic E-state index is 13.4. The van der Waals surface area contributed by atoms with Gasteiger partial charge in [0.25, 0.3) is 0 Å². The van der Waals surface area contributed by atoms with E-state index in [1.807, 2.05) is 0 Å². The van der Waals surface area contributed by atoms with Crippen LogP contribution in [-0.4, -0.2) is 54.3 Å². The summed E-state index contributed by atoms with van der Waals surface area (Å²) in [5, 5.41) is 9.02. The number of carbonyl (C=O) groups is 2. The minimum atomic E-state index is -4.71. The number of ketones is 1. The second-order valence-corrected chi connectivity index (χ2v) is 7.78. The zero-order chi connectivity index (χ0) is 22.1. The average Bonchev–Trinajstić information content (AvgIpc) is 2.97. The quantitative estimate of drug-likeness (QED) is 0.680. The van der Waals surface area contributed by atoms with E-state index in [0.29, 0.717) is 12.8 Å². The molecule has 1 aliphatic carbocycles. The maximum absolute atomic E-state index is 13.4. The van der Waals surface area contributed by atoms with Crippen LogP contribution in [0.2, 0.25) is 0 Å². The van der Waals surface area contributed by atoms with E-state index >= 15 is 0 Å². The first-order valence-electron chi connectivity index (χ1n) is 9.72. The average molecular weight is 420 g/mol. The van der Waals surface area contributed by atoms with Crippen molar-refractivity contribution < 1.29 is 22.8 Å². The predicted octanol–water partition coefficient (Wildman–Crippen LogP) is 3.77. The molecule has 1 aliphatic heterocycles. The van der Waals surface area contributed by atoms with E-state index < -0.39 is 23.3 Å². The van der Waals surface area contributed by atoms with Crippen molar-refractivity contribution in [1.82, 2.24) is 9.80 Å². The molecule has 2 unspecified atom stereocenters. The summed E-state index contributed by atoms with van der Waals surface area (Å²) < 4.78 is 40.2. The van der Waals surface area contributed by atoms with Crippen LogP contribution in [0.5, 0.6) is 0 Å². The summed E-state index contributed by atoms with van der Waals surface area (Å²) in [6, 6.07) is 3.88. The fourth-order valence-corrected chi connectivity index (χ4v) is 4.13. The molecule has 2 atom stereocenters. The van der Waals surface area contributed by atoms with E-state index in [-0.39, 0.29) is 30.1 Å². The van der Waals surface area contributed by atoms with Gasteiger partial charge in [-0.15, -0.1) is 0 Å². The van der Waals surface area contributed by atoms with Gasteiger partial charge in [-0.3, -0.25) is 9.69 Å². The van der Waals surface area contributed by atoms with Crippen molar-refractivity contribution in [2.45, 2.75) is 43.9 Å². The number of carbonyl (C=O) groups excluding carboxylic acids is 2. The number of hydrogen-bond acceptors (Lipinski definition) is 4. The van der Waals surface area contributed by atoms with Crippen molar-refractivity contribution in [1.29, 1.82) is 5.26 Å². The minimum absolute atomic E-state index is 0.0991. The number of urea groups is 1. The molecule has 2 aliphatic rings. The first kappa shape index (κ1) is 21.7. The lowest BCUT2D eigenvalue weighted by atomic mass is 9.89. The van der Waals surface area contributed by atoms with Crippen LogP contribution >= 0.6 is 0 Å². The summed E-state index contributed by atoms with van der Waals surface area (Å²) in [6.07, 6.45) is 1.36. The van der Waals surface area contributed by atoms with Crippen molar-refractivity contribution in [3.63, 3.8) is 0 Å². The van der Waals surface area contributed by atoms with Crippen molar-refractivity contribution in [2.24, 2.45) is 0 Å². The lowest BCUT2D eigenvalue weighted by Gasteiger charge is -2.31. The topological polar surface area (TPSA) is 67.7 Å². The van der Waals surface area contributed by atoms with Gasteiger partial charge in [0.05, 0.1) is 35.8 Å². The molecule has 1 heterocycles. The minimum Gasteiger partial charge on any atom is -0.383 e. The van der Waals surface area contributed by atoms with Crippen LogP contribution in [0.3, 0.4) is 0 Å². The van der Waals surface area contributed by atoms with Gasteiger partial charge in [0, 0.05) is 26.0 Å². The molecule has 0 spiro atoms. The third-order valence-electron chi connectivity index (χ3n) is 5.47. The molecule has 1 saturated carbocycles. The third kappa shape index (κ3) is 4.27. The number of hydrogen-bond donors (Lipinski definition) is 0. The standard InChI is InChI=1S/C21H23F3N4O2/c1-26(2)10-9-16(29)13-27-18-5-3-4-6-19(18)28(20(27)30)15-8-7-14(12-25)17(11-15)21(22,23)24/h7-11,18-19H,3-6,13H2,1-2H3. The fourth-order valence-electron chi connectivity index (χ4n) is 4.13. The molecular formula is C21H23F3N4O2. The molecule has 2 fully saturated rings. The molecule has 30 heavy (non-hydrogen) atoms. The number of amides is 2. The van der Waals surface area contributed by atoms with Crippen LogP contribution in [0.15, 0.2) is 30.5 Å². The molecule has 3 rings (SSSR count). The summed E-state index contributed by atoms with van der Waals surface area (Å²) in [5.74, 6) is -0.251. The summed E-state index contributed by atoms with van der Waals surface area (Å²) in [4.78, 5) is 30.0. The smallest absolute Gasteiger partial charge is 0.383 e. The largest absolute Gasteiger partial charge is 0.417 e. The second-order valence-electron chi connectivity index (χ2n) is 7.78. The normalized spacial score (nSPS) is 21.7. The van der Waals surface area contributed by atoms with Crippen LogP contribution in [0, 0.1) is 11.3 Å². The van der Waals surface area contributed by atoms with Gasteiger partial charge in [-0.2, -0.15) is 18.4 Å². The molecule has 0 N–H and O–H groups in total. The third-order valence-corrected chi connectivity index (χ3v) is 5.47. The monoisotopic (exact) mass is 420 g/mol. The molecule has 0 radical (unpaired) electrons. The zero-order valence-electron chi connectivity index (χ0n) is 16.8. The van der Waals surface area contributed by atoms with Crippen molar-refractivity contribution in [3.05, 3.63) is 41.6 Å². The van der Waals surface area contributed by atoms with Crippen LogP contribution in [0.25, 0.3) is 0 Å². The fraction of sp³-hybridized carbons (Fsp3) is 0.476. The molecule has 0 bridgehead atoms. The highest BCUT2D eigenvalue weighted by molar-refractivity contribution is 6.00. The Morgan fingerprint density at radius 3 is 2.53 bits per heavy atom. The van der Waals surface area contributed by atoms with Crippen molar-refractivity contribution in [2.75, 3.05) is 25.5 Å². The molecule has 0 aromatic heterocycles. The molecule has 160 valence electrons. The van der Waals surface area contributed by atoms with Crippen molar-refractivity contribution >= 4 is 17.5 Å². The van der Waals surface area contributed by atoms with E-state index in [4.69, 9.17) is 5.26 Å². The van der Waals surface area contributed by atoms with Gasteiger partial charge in [0.2, 0.25) is 0 Å². The number of rotatable bonds is 5. The number of anilines is 1. The van der Waals surface area contributed by atoms with Gasteiger partial charge >= 0.3 is 12.2 Å². The first-order valence-corrected chi connectivity index (χ1v) is 9.72. The Bertz CT molecular complexity index is 904. The van der Waals surface area contributed by atoms with Gasteiger partial charge < -0.3 is 9.80 Å². The van der Waals surface area contributed by atoms with Gasteiger partial charge in [-0.25, -0.2) is 4.79 Å². The summed E-state index contributed by atoms with van der Waals surface area (Å²) in [5.41, 5.74) is -1.45. The van der Waals surface area contributed by atoms with Gasteiger partial charge in [-0.05, 0) is 37.1 Å². The SMILES string of the molecule is CN(C)C=CC(=O)CN1C(=O)N(c2ccc(C#N)c(C(F)(F)F)c2)C2CCCCC21. The number of nitrogens with zero attached hydrogens (tertiary/aromatic N) is 4. The maximum Gasteiger partial charge on any atom is 0.417 e. The Balaban J connectivity index is 1.95. The highest BCUT2D eigenvalue weighted by Gasteiger charge is 2.48. The highest BCUT2D eigenvalue weighted by Crippen LogP contribution is 2.40. The molecular weight excluding hydrogens is 397 g/mol. The zero-order valence-corrected chi connectivity index (χ0v) is 16.8. The van der Waals surface area contributed by atoms with Crippen LogP contribution in [0.1, 0.15) is 36.8 Å². The molecule has 1 saturated heterocycles. The number of nitriles is 1. The van der Waals surface area contributed by atoms with Crippen LogP contribution in [-0.2, 0) is 11.0 Å². The highest BCUT2D eigenvalue weighted by atomic mass is 19.4. The molecule has 2 amide bonds. The van der Waals surface area contributed by atoms with Crippen LogP contribution < -0.4 is 4.90 Å². The Morgan fingerprint density at radius 1 is 1.27 bits per heavy atom. The number of fused-ring (bicyclic) bond motifs is 1. The van der Waals surface area contributed by atoms with Gasteiger partial charge in [-0.1, -0.05) is 12.8 Å². The number of halogens is 3. The van der Waals surface area contributed by atoms with E-state index in [1.54, 1.807) is 31.3 Å². The van der Waals surface area contributed by atoms with Gasteiger partial charge in [0.15, 0.2) is 5.78 Å². The summed E-state index contributed by atoms with van der Waals surface area (Å²) in [6.45, 7) is -0.122. The summed E-state index contributed by atoms with van der Waals surface area (Å²) in [7, 11) is 3.54. The Morgan fingerprint density at radius 2 is 1.93 bits per heavy atom. The van der Waals surface area contributed by atoms with Crippen LogP contribution in [0.4, 0.5) is 23.7 Å². The number of benzene rings is 1. The van der Waals surface area contributed by atoms with E-state index in [1.165, 1.54) is 21.9 Å². The lowest BCUT2D eigenvalue weighted by Crippen LogP contribution is -2.41. The van der Waals surface area contributed by atoms with E-state index in [0.717, 1.165) is 25.0 Å². The van der Waals surface area contributed by atoms with E-state index in [2.05, 4.69) is 0 Å².